The molecule has 1 rings (SSSR count). The molecule has 0 spiro atoms. The number of amides is 4. The van der Waals surface area contributed by atoms with Gasteiger partial charge in [-0.3, -0.25) is 19.2 Å². The highest BCUT2D eigenvalue weighted by Gasteiger charge is 2.28. The molecule has 0 unspecified atom stereocenters. The first kappa shape index (κ1) is 33.9. The molecule has 0 radical (unpaired) electrons. The van der Waals surface area contributed by atoms with Crippen LogP contribution in [0.25, 0.3) is 0 Å². The lowest BCUT2D eigenvalue weighted by Crippen LogP contribution is -2.49. The molecule has 0 aliphatic rings. The molecule has 0 heterocycles. The van der Waals surface area contributed by atoms with Crippen molar-refractivity contribution in [2.75, 3.05) is 19.6 Å². The lowest BCUT2D eigenvalue weighted by Gasteiger charge is -2.25. The van der Waals surface area contributed by atoms with Gasteiger partial charge in [-0.15, -0.1) is 0 Å². The van der Waals surface area contributed by atoms with Crippen molar-refractivity contribution in [1.82, 2.24) is 21.3 Å². The number of carbonyl (C=O) groups is 6. The maximum Gasteiger partial charge on any atom is 0.407 e. The topological polar surface area (TPSA) is 178 Å². The molecular weight excluding hydrogens is 524 g/mol. The molecule has 0 saturated carbocycles. The first-order chi connectivity index (χ1) is 18.5. The number of hydrogen-bond donors (Lipinski definition) is 4. The highest BCUT2D eigenvalue weighted by molar-refractivity contribution is 5.91. The van der Waals surface area contributed by atoms with Crippen LogP contribution in [0, 0.1) is 0 Å². The SMILES string of the molecule is CC(C)(C)OC(=O)CC[C@H](NC(=O)CNC(=O)CNC(=O)CNC(=O)OCc1ccccc1)C(=O)OC(C)(C)C. The van der Waals surface area contributed by atoms with Gasteiger partial charge in [0, 0.05) is 6.42 Å². The van der Waals surface area contributed by atoms with E-state index in [0.29, 0.717) is 0 Å². The maximum atomic E-state index is 12.6. The number of ether oxygens (including phenoxy) is 3. The summed E-state index contributed by atoms with van der Waals surface area (Å²) in [4.78, 5) is 72.6. The van der Waals surface area contributed by atoms with Crippen LogP contribution in [-0.2, 0) is 44.8 Å². The van der Waals surface area contributed by atoms with Crippen LogP contribution < -0.4 is 21.3 Å². The second kappa shape index (κ2) is 16.1. The second-order valence-electron chi connectivity index (χ2n) is 10.7. The van der Waals surface area contributed by atoms with Gasteiger partial charge in [-0.2, -0.15) is 0 Å². The molecule has 1 aromatic rings. The number of rotatable bonds is 13. The van der Waals surface area contributed by atoms with E-state index >= 15 is 0 Å². The van der Waals surface area contributed by atoms with Crippen molar-refractivity contribution in [3.63, 3.8) is 0 Å². The normalized spacial score (nSPS) is 11.8. The Labute approximate surface area is 234 Å². The summed E-state index contributed by atoms with van der Waals surface area (Å²) < 4.78 is 15.5. The Morgan fingerprint density at radius 3 is 1.80 bits per heavy atom. The molecule has 222 valence electrons. The van der Waals surface area contributed by atoms with Crippen molar-refractivity contribution in [2.45, 2.75) is 78.2 Å². The quantitative estimate of drug-likeness (QED) is 0.202. The summed E-state index contributed by atoms with van der Waals surface area (Å²) >= 11 is 0. The summed E-state index contributed by atoms with van der Waals surface area (Å²) in [6.07, 6.45) is -1.01. The minimum Gasteiger partial charge on any atom is -0.460 e. The zero-order valence-corrected chi connectivity index (χ0v) is 23.9. The summed E-state index contributed by atoms with van der Waals surface area (Å²) in [5.74, 6) is -3.32. The van der Waals surface area contributed by atoms with E-state index < -0.39 is 72.6 Å². The predicted molar refractivity (Wildman–Crippen MR) is 144 cm³/mol. The molecule has 40 heavy (non-hydrogen) atoms. The van der Waals surface area contributed by atoms with E-state index in [-0.39, 0.29) is 19.4 Å². The molecule has 4 N–H and O–H groups in total. The predicted octanol–water partition coefficient (Wildman–Crippen LogP) is 1.09. The fourth-order valence-electron chi connectivity index (χ4n) is 2.93. The molecule has 0 aliphatic heterocycles. The van der Waals surface area contributed by atoms with Crippen LogP contribution in [0.2, 0.25) is 0 Å². The highest BCUT2D eigenvalue weighted by atomic mass is 16.6. The lowest BCUT2D eigenvalue weighted by atomic mass is 10.1. The molecule has 13 heteroatoms. The Kier molecular flexibility index (Phi) is 13.6. The Morgan fingerprint density at radius 1 is 0.725 bits per heavy atom. The van der Waals surface area contributed by atoms with Crippen LogP contribution in [0.1, 0.15) is 59.9 Å². The lowest BCUT2D eigenvalue weighted by molar-refractivity contribution is -0.160. The molecule has 4 amide bonds. The standard InChI is InChI=1S/C27H40N4O9/c1-26(2,3)39-23(35)13-12-19(24(36)40-27(4,5)6)31-22(34)16-29-20(32)14-28-21(33)15-30-25(37)38-17-18-10-8-7-9-11-18/h7-11,19H,12-17H2,1-6H3,(H,28,33)(H,29,32)(H,30,37)(H,31,34)/t19-/m0/s1. The van der Waals surface area contributed by atoms with Crippen molar-refractivity contribution in [3.05, 3.63) is 35.9 Å². The summed E-state index contributed by atoms with van der Waals surface area (Å²) in [6.45, 7) is 8.78. The molecular formula is C27H40N4O9. The van der Waals surface area contributed by atoms with Gasteiger partial charge in [-0.1, -0.05) is 30.3 Å². The van der Waals surface area contributed by atoms with E-state index in [1.165, 1.54) is 0 Å². The van der Waals surface area contributed by atoms with Crippen LogP contribution in [0.5, 0.6) is 0 Å². The van der Waals surface area contributed by atoms with E-state index in [9.17, 15) is 28.8 Å². The van der Waals surface area contributed by atoms with Crippen molar-refractivity contribution < 1.29 is 43.0 Å². The summed E-state index contributed by atoms with van der Waals surface area (Å²) in [6, 6.07) is 7.83. The largest absolute Gasteiger partial charge is 0.460 e. The van der Waals surface area contributed by atoms with Crippen LogP contribution >= 0.6 is 0 Å². The van der Waals surface area contributed by atoms with E-state index in [4.69, 9.17) is 14.2 Å². The van der Waals surface area contributed by atoms with Crippen LogP contribution in [0.15, 0.2) is 30.3 Å². The molecule has 0 bridgehead atoms. The summed E-state index contributed by atoms with van der Waals surface area (Å²) in [5, 5.41) is 9.31. The number of hydrogen-bond acceptors (Lipinski definition) is 9. The molecule has 13 nitrogen and oxygen atoms in total. The Hall–Kier alpha value is -4.16. The number of alkyl carbamates (subject to hydrolysis) is 1. The van der Waals surface area contributed by atoms with Crippen molar-refractivity contribution in [1.29, 1.82) is 0 Å². The van der Waals surface area contributed by atoms with Crippen LogP contribution in [0.4, 0.5) is 4.79 Å². The van der Waals surface area contributed by atoms with Gasteiger partial charge in [0.2, 0.25) is 17.7 Å². The van der Waals surface area contributed by atoms with Gasteiger partial charge in [-0.05, 0) is 53.5 Å². The van der Waals surface area contributed by atoms with Gasteiger partial charge in [0.05, 0.1) is 13.1 Å². The first-order valence-electron chi connectivity index (χ1n) is 12.8. The zero-order valence-electron chi connectivity index (χ0n) is 23.9. The third-order valence-corrected chi connectivity index (χ3v) is 4.58. The fraction of sp³-hybridized carbons (Fsp3) is 0.556. The van der Waals surface area contributed by atoms with Crippen LogP contribution in [0.3, 0.4) is 0 Å². The van der Waals surface area contributed by atoms with E-state index in [1.807, 2.05) is 6.07 Å². The van der Waals surface area contributed by atoms with Crippen LogP contribution in [-0.4, -0.2) is 72.6 Å². The summed E-state index contributed by atoms with van der Waals surface area (Å²) in [7, 11) is 0. The van der Waals surface area contributed by atoms with Gasteiger partial charge in [-0.25, -0.2) is 9.59 Å². The average molecular weight is 565 g/mol. The minimum absolute atomic E-state index is 0.0363. The third kappa shape index (κ3) is 16.6. The van der Waals surface area contributed by atoms with E-state index in [2.05, 4.69) is 21.3 Å². The van der Waals surface area contributed by atoms with Crippen molar-refractivity contribution >= 4 is 35.8 Å². The molecule has 0 aromatic heterocycles. The second-order valence-corrected chi connectivity index (χ2v) is 10.7. The average Bonchev–Trinajstić information content (AvgIpc) is 2.84. The smallest absolute Gasteiger partial charge is 0.407 e. The van der Waals surface area contributed by atoms with Gasteiger partial charge in [0.1, 0.15) is 30.4 Å². The van der Waals surface area contributed by atoms with E-state index in [1.54, 1.807) is 65.8 Å². The first-order valence-corrected chi connectivity index (χ1v) is 12.8. The van der Waals surface area contributed by atoms with E-state index in [0.717, 1.165) is 5.56 Å². The van der Waals surface area contributed by atoms with Gasteiger partial charge >= 0.3 is 18.0 Å². The number of esters is 2. The Balaban J connectivity index is 2.43. The third-order valence-electron chi connectivity index (χ3n) is 4.58. The highest BCUT2D eigenvalue weighted by Crippen LogP contribution is 2.13. The van der Waals surface area contributed by atoms with Gasteiger partial charge in [0.25, 0.3) is 0 Å². The fourth-order valence-corrected chi connectivity index (χ4v) is 2.93. The Morgan fingerprint density at radius 2 is 1.25 bits per heavy atom. The summed E-state index contributed by atoms with van der Waals surface area (Å²) in [5.41, 5.74) is -0.752. The van der Waals surface area contributed by atoms with Gasteiger partial charge < -0.3 is 35.5 Å². The molecule has 0 fully saturated rings. The maximum absolute atomic E-state index is 12.6. The molecule has 1 aromatic carbocycles. The number of benzene rings is 1. The number of carbonyl (C=O) groups excluding carboxylic acids is 6. The monoisotopic (exact) mass is 564 g/mol. The molecule has 0 aliphatic carbocycles. The molecule has 0 saturated heterocycles. The zero-order chi connectivity index (χ0) is 30.3. The number of nitrogens with one attached hydrogen (secondary N) is 4. The van der Waals surface area contributed by atoms with Crippen molar-refractivity contribution in [3.8, 4) is 0 Å². The minimum atomic E-state index is -1.15. The van der Waals surface area contributed by atoms with Crippen molar-refractivity contribution in [2.24, 2.45) is 0 Å². The van der Waals surface area contributed by atoms with Gasteiger partial charge in [0.15, 0.2) is 0 Å². The molecule has 1 atom stereocenters. The Bertz CT molecular complexity index is 1030.